The van der Waals surface area contributed by atoms with Gasteiger partial charge in [0.15, 0.2) is 0 Å². The van der Waals surface area contributed by atoms with E-state index in [1.54, 1.807) is 46.3 Å². The van der Waals surface area contributed by atoms with Crippen LogP contribution in [-0.4, -0.2) is 48.1 Å². The van der Waals surface area contributed by atoms with E-state index in [4.69, 9.17) is 0 Å². The van der Waals surface area contributed by atoms with Gasteiger partial charge in [0.25, 0.3) is 5.91 Å². The maximum absolute atomic E-state index is 12.2. The van der Waals surface area contributed by atoms with Crippen LogP contribution in [-0.2, 0) is 7.05 Å². The van der Waals surface area contributed by atoms with Gasteiger partial charge in [-0.1, -0.05) is 0 Å². The fraction of sp³-hybridized carbons (Fsp3) is 0.176. The molecule has 0 unspecified atom stereocenters. The normalized spacial score (nSPS) is 11.7. The minimum atomic E-state index is -4.49. The van der Waals surface area contributed by atoms with Gasteiger partial charge in [-0.15, -0.1) is 11.3 Å². The molecule has 4 aromatic rings. The standard InChI is InChI=1S/C17H14F3N7O2S/c1-26-6-10(5-22-26)27-3-2-11-13(27)15(29)25-16(23-11)24-12-4-9(7-30-12)14(28)21-8-17(18,19)20/h2-7H,8H2,1H3,(H,21,28)(H2,23,24,25,29). The van der Waals surface area contributed by atoms with E-state index in [1.165, 1.54) is 11.4 Å². The highest BCUT2D eigenvalue weighted by atomic mass is 32.1. The second-order valence-corrected chi connectivity index (χ2v) is 7.20. The average molecular weight is 437 g/mol. The molecule has 0 aromatic carbocycles. The van der Waals surface area contributed by atoms with Crippen LogP contribution < -0.4 is 10.6 Å². The van der Waals surface area contributed by atoms with E-state index in [2.05, 4.69) is 20.4 Å². The van der Waals surface area contributed by atoms with Gasteiger partial charge < -0.3 is 20.3 Å². The summed E-state index contributed by atoms with van der Waals surface area (Å²) in [5, 5.41) is 21.0. The van der Waals surface area contributed by atoms with E-state index >= 15 is 0 Å². The quantitative estimate of drug-likeness (QED) is 0.443. The summed E-state index contributed by atoms with van der Waals surface area (Å²) in [6.07, 6.45) is 0.623. The number of rotatable bonds is 5. The number of alkyl halides is 3. The molecule has 4 rings (SSSR count). The first kappa shape index (κ1) is 19.7. The maximum atomic E-state index is 12.2. The van der Waals surface area contributed by atoms with Crippen molar-refractivity contribution in [1.82, 2.24) is 29.6 Å². The second-order valence-electron chi connectivity index (χ2n) is 6.29. The number of hydrogen-bond donors (Lipinski definition) is 3. The highest BCUT2D eigenvalue weighted by Crippen LogP contribution is 2.29. The van der Waals surface area contributed by atoms with E-state index in [0.717, 1.165) is 17.0 Å². The van der Waals surface area contributed by atoms with E-state index in [-0.39, 0.29) is 17.4 Å². The first-order chi connectivity index (χ1) is 14.2. The zero-order chi connectivity index (χ0) is 21.5. The van der Waals surface area contributed by atoms with Crippen LogP contribution in [0.3, 0.4) is 0 Å². The fourth-order valence-corrected chi connectivity index (χ4v) is 3.52. The Hall–Kier alpha value is -3.61. The average Bonchev–Trinajstić information content (AvgIpc) is 3.38. The number of nitrogens with zero attached hydrogens (tertiary/aromatic N) is 5. The van der Waals surface area contributed by atoms with Gasteiger partial charge in [0.2, 0.25) is 11.8 Å². The van der Waals surface area contributed by atoms with E-state index < -0.39 is 18.6 Å². The largest absolute Gasteiger partial charge is 0.492 e. The van der Waals surface area contributed by atoms with E-state index in [0.29, 0.717) is 16.0 Å². The topological polar surface area (TPSA) is 110 Å². The maximum Gasteiger partial charge on any atom is 0.405 e. The van der Waals surface area contributed by atoms with Crippen molar-refractivity contribution in [1.29, 1.82) is 0 Å². The molecule has 0 aliphatic heterocycles. The van der Waals surface area contributed by atoms with Crippen LogP contribution in [0.25, 0.3) is 16.7 Å². The van der Waals surface area contributed by atoms with E-state index in [1.807, 2.05) is 0 Å². The Labute approximate surface area is 170 Å². The molecule has 0 radical (unpaired) electrons. The number of fused-ring (bicyclic) bond motifs is 1. The number of carbonyl (C=O) groups excluding carboxylic acids is 1. The number of anilines is 2. The third-order valence-corrected chi connectivity index (χ3v) is 4.88. The van der Waals surface area contributed by atoms with Crippen LogP contribution in [0, 0.1) is 0 Å². The smallest absolute Gasteiger partial charge is 0.405 e. The molecule has 4 aromatic heterocycles. The van der Waals surface area contributed by atoms with Gasteiger partial charge in [-0.3, -0.25) is 9.48 Å². The molecule has 0 bridgehead atoms. The summed E-state index contributed by atoms with van der Waals surface area (Å²) in [5.41, 5.74) is 1.65. The number of aromatic hydroxyl groups is 1. The number of amides is 1. The molecular weight excluding hydrogens is 423 g/mol. The summed E-state index contributed by atoms with van der Waals surface area (Å²) in [6, 6.07) is 3.07. The number of aryl methyl sites for hydroxylation is 1. The summed E-state index contributed by atoms with van der Waals surface area (Å²) in [4.78, 5) is 20.2. The summed E-state index contributed by atoms with van der Waals surface area (Å²) < 4.78 is 40.0. The zero-order valence-corrected chi connectivity index (χ0v) is 16.1. The molecule has 4 heterocycles. The molecule has 13 heteroatoms. The molecule has 0 atom stereocenters. The number of carbonyl (C=O) groups is 1. The van der Waals surface area contributed by atoms with Crippen molar-refractivity contribution in [2.75, 3.05) is 11.9 Å². The highest BCUT2D eigenvalue weighted by Gasteiger charge is 2.28. The SMILES string of the molecule is Cn1cc(-n2ccc3nc(Nc4cc(C(=O)NCC(F)(F)F)cs4)nc(O)c32)cn1. The Morgan fingerprint density at radius 1 is 1.33 bits per heavy atom. The van der Waals surface area contributed by atoms with Crippen LogP contribution in [0.4, 0.5) is 24.1 Å². The van der Waals surface area contributed by atoms with Gasteiger partial charge in [0.05, 0.1) is 28.0 Å². The van der Waals surface area contributed by atoms with Crippen molar-refractivity contribution < 1.29 is 23.1 Å². The van der Waals surface area contributed by atoms with Crippen LogP contribution in [0.15, 0.2) is 36.1 Å². The Balaban J connectivity index is 1.54. The van der Waals surface area contributed by atoms with Gasteiger partial charge in [0.1, 0.15) is 12.1 Å². The number of halogens is 3. The Kier molecular flexibility index (Phi) is 4.81. The summed E-state index contributed by atoms with van der Waals surface area (Å²) in [7, 11) is 1.77. The summed E-state index contributed by atoms with van der Waals surface area (Å²) in [5.74, 6) is -1.03. The second kappa shape index (κ2) is 7.33. The zero-order valence-electron chi connectivity index (χ0n) is 15.3. The molecule has 0 aliphatic rings. The minimum Gasteiger partial charge on any atom is -0.492 e. The molecule has 156 valence electrons. The third-order valence-electron chi connectivity index (χ3n) is 4.03. The molecule has 0 aliphatic carbocycles. The first-order valence-electron chi connectivity index (χ1n) is 8.47. The van der Waals surface area contributed by atoms with Crippen LogP contribution in [0.2, 0.25) is 0 Å². The lowest BCUT2D eigenvalue weighted by Crippen LogP contribution is -2.33. The van der Waals surface area contributed by atoms with Gasteiger partial charge in [-0.2, -0.15) is 23.3 Å². The van der Waals surface area contributed by atoms with Crippen molar-refractivity contribution >= 4 is 39.2 Å². The van der Waals surface area contributed by atoms with Gasteiger partial charge >= 0.3 is 6.18 Å². The predicted molar refractivity (Wildman–Crippen MR) is 103 cm³/mol. The van der Waals surface area contributed by atoms with Crippen molar-refractivity contribution in [3.8, 4) is 11.6 Å². The van der Waals surface area contributed by atoms with Crippen molar-refractivity contribution in [2.24, 2.45) is 7.05 Å². The van der Waals surface area contributed by atoms with Crippen LogP contribution >= 0.6 is 11.3 Å². The van der Waals surface area contributed by atoms with Gasteiger partial charge in [-0.25, -0.2) is 4.98 Å². The monoisotopic (exact) mass is 437 g/mol. The molecule has 0 saturated heterocycles. The van der Waals surface area contributed by atoms with E-state index in [9.17, 15) is 23.1 Å². The fourth-order valence-electron chi connectivity index (χ4n) is 2.74. The third kappa shape index (κ3) is 4.05. The molecule has 30 heavy (non-hydrogen) atoms. The molecule has 0 fully saturated rings. The molecule has 0 saturated carbocycles. The molecule has 1 amide bonds. The lowest BCUT2D eigenvalue weighted by Gasteiger charge is -2.07. The van der Waals surface area contributed by atoms with Crippen molar-refractivity contribution in [3.05, 3.63) is 41.7 Å². The molecule has 0 spiro atoms. The predicted octanol–water partition coefficient (Wildman–Crippen LogP) is 2.96. The number of aromatic nitrogens is 5. The van der Waals surface area contributed by atoms with Crippen LogP contribution in [0.1, 0.15) is 10.4 Å². The van der Waals surface area contributed by atoms with Gasteiger partial charge in [-0.05, 0) is 12.1 Å². The molecule has 3 N–H and O–H groups in total. The Bertz CT molecular complexity index is 1230. The Morgan fingerprint density at radius 2 is 2.13 bits per heavy atom. The first-order valence-corrected chi connectivity index (χ1v) is 9.35. The Morgan fingerprint density at radius 3 is 2.83 bits per heavy atom. The molecule has 9 nitrogen and oxygen atoms in total. The highest BCUT2D eigenvalue weighted by molar-refractivity contribution is 7.14. The number of thiophene rings is 1. The van der Waals surface area contributed by atoms with Crippen molar-refractivity contribution in [3.63, 3.8) is 0 Å². The number of nitrogens with one attached hydrogen (secondary N) is 2. The van der Waals surface area contributed by atoms with Gasteiger partial charge in [0, 0.05) is 24.8 Å². The lowest BCUT2D eigenvalue weighted by atomic mass is 10.3. The summed E-state index contributed by atoms with van der Waals surface area (Å²) in [6.45, 7) is -1.41. The number of hydrogen-bond acceptors (Lipinski definition) is 7. The van der Waals surface area contributed by atoms with Crippen LogP contribution in [0.5, 0.6) is 5.88 Å². The molecular formula is C17H14F3N7O2S. The summed E-state index contributed by atoms with van der Waals surface area (Å²) >= 11 is 1.09. The lowest BCUT2D eigenvalue weighted by molar-refractivity contribution is -0.123. The van der Waals surface area contributed by atoms with Crippen molar-refractivity contribution in [2.45, 2.75) is 6.18 Å². The minimum absolute atomic E-state index is 0.0692.